The largest absolute Gasteiger partial charge is 0.481 e. The van der Waals surface area contributed by atoms with E-state index in [-0.39, 0.29) is 23.7 Å². The van der Waals surface area contributed by atoms with Crippen molar-refractivity contribution in [2.75, 3.05) is 0 Å². The second-order valence-corrected chi connectivity index (χ2v) is 5.16. The third kappa shape index (κ3) is 1.61. The topological polar surface area (TPSA) is 37.3 Å². The van der Waals surface area contributed by atoms with Crippen LogP contribution in [0.5, 0.6) is 0 Å². The number of carboxylic acids is 1. The van der Waals surface area contributed by atoms with Gasteiger partial charge in [-0.05, 0) is 48.3 Å². The highest BCUT2D eigenvalue weighted by molar-refractivity contribution is 5.74. The number of halogens is 3. The number of hydrogen-bond acceptors (Lipinski definition) is 1. The molecule has 0 bridgehead atoms. The molecule has 0 amide bonds. The molecule has 4 atom stereocenters. The first-order valence-corrected chi connectivity index (χ1v) is 5.86. The molecule has 2 aliphatic carbocycles. The summed E-state index contributed by atoms with van der Waals surface area (Å²) in [5.41, 5.74) is 0.433. The van der Waals surface area contributed by atoms with Gasteiger partial charge in [-0.3, -0.25) is 4.79 Å². The summed E-state index contributed by atoms with van der Waals surface area (Å²) in [6.45, 7) is 0. The zero-order chi connectivity index (χ0) is 13.0. The molecular weight excluding hydrogens is 245 g/mol. The summed E-state index contributed by atoms with van der Waals surface area (Å²) >= 11 is 0. The summed E-state index contributed by atoms with van der Waals surface area (Å²) in [6, 6.07) is 2.03. The van der Waals surface area contributed by atoms with Crippen molar-refractivity contribution in [3.8, 4) is 0 Å². The smallest absolute Gasteiger partial charge is 0.307 e. The van der Waals surface area contributed by atoms with Gasteiger partial charge in [0.1, 0.15) is 0 Å². The number of rotatable bonds is 2. The van der Waals surface area contributed by atoms with Gasteiger partial charge in [0.2, 0.25) is 0 Å². The third-order valence-corrected chi connectivity index (χ3v) is 4.21. The van der Waals surface area contributed by atoms with E-state index in [9.17, 15) is 18.0 Å². The standard InChI is InChI=1S/C13H11F3O2/c14-9-3-6(4-10(15)12(9)16)5-1-7-8(2-5)11(7)13(17)18/h3-5,7-8,11H,1-2H2,(H,17,18)/t5?,7-,8+,11?. The van der Waals surface area contributed by atoms with Crippen molar-refractivity contribution in [3.05, 3.63) is 35.1 Å². The number of carbonyl (C=O) groups is 1. The molecule has 5 heteroatoms. The van der Waals surface area contributed by atoms with Crippen molar-refractivity contribution in [1.29, 1.82) is 0 Å². The Hall–Kier alpha value is -1.52. The van der Waals surface area contributed by atoms with E-state index in [1.165, 1.54) is 0 Å². The normalized spacial score (nSPS) is 33.3. The Balaban J connectivity index is 1.78. The molecule has 2 nitrogen and oxygen atoms in total. The first-order chi connectivity index (χ1) is 8.49. The van der Waals surface area contributed by atoms with E-state index in [1.807, 2.05) is 0 Å². The molecule has 0 heterocycles. The quantitative estimate of drug-likeness (QED) is 0.826. The van der Waals surface area contributed by atoms with Gasteiger partial charge in [0, 0.05) is 0 Å². The van der Waals surface area contributed by atoms with Crippen LogP contribution in [-0.4, -0.2) is 11.1 Å². The fourth-order valence-electron chi connectivity index (χ4n) is 3.29. The fourth-order valence-corrected chi connectivity index (χ4v) is 3.29. The van der Waals surface area contributed by atoms with Crippen LogP contribution in [0.3, 0.4) is 0 Å². The molecule has 0 spiro atoms. The molecule has 2 saturated carbocycles. The minimum Gasteiger partial charge on any atom is -0.481 e. The van der Waals surface area contributed by atoms with Crippen molar-refractivity contribution >= 4 is 5.97 Å². The molecule has 0 saturated heterocycles. The van der Waals surface area contributed by atoms with Crippen LogP contribution in [0.1, 0.15) is 24.3 Å². The average Bonchev–Trinajstić information content (AvgIpc) is 2.82. The van der Waals surface area contributed by atoms with Gasteiger partial charge in [0.25, 0.3) is 0 Å². The van der Waals surface area contributed by atoms with Gasteiger partial charge in [-0.2, -0.15) is 0 Å². The Kier molecular flexibility index (Phi) is 2.40. The Labute approximate surface area is 101 Å². The molecule has 18 heavy (non-hydrogen) atoms. The van der Waals surface area contributed by atoms with Crippen LogP contribution in [0, 0.1) is 35.2 Å². The van der Waals surface area contributed by atoms with Crippen LogP contribution in [0.2, 0.25) is 0 Å². The van der Waals surface area contributed by atoms with Gasteiger partial charge < -0.3 is 5.11 Å². The van der Waals surface area contributed by atoms with Gasteiger partial charge in [-0.1, -0.05) is 0 Å². The SMILES string of the molecule is O=C(O)C1[C@H]2CC(c3cc(F)c(F)c(F)c3)C[C@@H]12. The first kappa shape index (κ1) is 11.6. The Morgan fingerprint density at radius 1 is 1.11 bits per heavy atom. The van der Waals surface area contributed by atoms with E-state index in [4.69, 9.17) is 5.11 Å². The van der Waals surface area contributed by atoms with Gasteiger partial charge in [0.05, 0.1) is 5.92 Å². The van der Waals surface area contributed by atoms with Gasteiger partial charge in [0.15, 0.2) is 17.5 Å². The second kappa shape index (κ2) is 3.73. The van der Waals surface area contributed by atoms with Crippen LogP contribution in [0.4, 0.5) is 13.2 Å². The summed E-state index contributed by atoms with van der Waals surface area (Å²) < 4.78 is 39.0. The first-order valence-electron chi connectivity index (χ1n) is 5.86. The van der Waals surface area contributed by atoms with Crippen molar-refractivity contribution in [3.63, 3.8) is 0 Å². The lowest BCUT2D eigenvalue weighted by Gasteiger charge is -2.14. The third-order valence-electron chi connectivity index (χ3n) is 4.21. The lowest BCUT2D eigenvalue weighted by Crippen LogP contribution is -2.08. The maximum absolute atomic E-state index is 13.1. The molecule has 1 aromatic carbocycles. The maximum Gasteiger partial charge on any atom is 0.307 e. The molecule has 2 fully saturated rings. The number of carboxylic acid groups (broad SMARTS) is 1. The van der Waals surface area contributed by atoms with E-state index in [0.29, 0.717) is 18.4 Å². The van der Waals surface area contributed by atoms with Crippen molar-refractivity contribution in [2.45, 2.75) is 18.8 Å². The fraction of sp³-hybridized carbons (Fsp3) is 0.462. The van der Waals surface area contributed by atoms with Crippen molar-refractivity contribution < 1.29 is 23.1 Å². The van der Waals surface area contributed by atoms with Crippen LogP contribution < -0.4 is 0 Å². The van der Waals surface area contributed by atoms with E-state index in [0.717, 1.165) is 12.1 Å². The molecular formula is C13H11F3O2. The van der Waals surface area contributed by atoms with E-state index < -0.39 is 23.4 Å². The molecule has 2 unspecified atom stereocenters. The van der Waals surface area contributed by atoms with Gasteiger partial charge in [-0.25, -0.2) is 13.2 Å². The number of benzene rings is 1. The van der Waals surface area contributed by atoms with Crippen molar-refractivity contribution in [1.82, 2.24) is 0 Å². The van der Waals surface area contributed by atoms with Crippen LogP contribution >= 0.6 is 0 Å². The highest BCUT2D eigenvalue weighted by Gasteiger charge is 2.59. The highest BCUT2D eigenvalue weighted by atomic mass is 19.2. The molecule has 1 aromatic rings. The predicted molar refractivity (Wildman–Crippen MR) is 56.4 cm³/mol. The molecule has 0 aliphatic heterocycles. The van der Waals surface area contributed by atoms with E-state index >= 15 is 0 Å². The number of fused-ring (bicyclic) bond motifs is 1. The van der Waals surface area contributed by atoms with Crippen LogP contribution in [-0.2, 0) is 4.79 Å². The Bertz CT molecular complexity index is 494. The molecule has 2 aliphatic rings. The van der Waals surface area contributed by atoms with E-state index in [2.05, 4.69) is 0 Å². The molecule has 1 N–H and O–H groups in total. The van der Waals surface area contributed by atoms with E-state index in [1.54, 1.807) is 0 Å². The lowest BCUT2D eigenvalue weighted by atomic mass is 9.92. The summed E-state index contributed by atoms with van der Waals surface area (Å²) in [4.78, 5) is 10.8. The monoisotopic (exact) mass is 256 g/mol. The van der Waals surface area contributed by atoms with Crippen LogP contribution in [0.25, 0.3) is 0 Å². The second-order valence-electron chi connectivity index (χ2n) is 5.16. The molecule has 0 aromatic heterocycles. The minimum absolute atomic E-state index is 0.0554. The zero-order valence-electron chi connectivity index (χ0n) is 9.37. The lowest BCUT2D eigenvalue weighted by molar-refractivity contribution is -0.139. The molecule has 3 rings (SSSR count). The molecule has 0 radical (unpaired) electrons. The summed E-state index contributed by atoms with van der Waals surface area (Å²) in [7, 11) is 0. The number of aliphatic carboxylic acids is 1. The summed E-state index contributed by atoms with van der Waals surface area (Å²) in [5, 5.41) is 8.87. The summed E-state index contributed by atoms with van der Waals surface area (Å²) in [5.74, 6) is -4.73. The highest BCUT2D eigenvalue weighted by Crippen LogP contribution is 2.62. The van der Waals surface area contributed by atoms with Crippen LogP contribution in [0.15, 0.2) is 12.1 Å². The maximum atomic E-state index is 13.1. The average molecular weight is 256 g/mol. The molecule has 96 valence electrons. The van der Waals surface area contributed by atoms with Gasteiger partial charge >= 0.3 is 5.97 Å². The summed E-state index contributed by atoms with van der Waals surface area (Å²) in [6.07, 6.45) is 1.23. The Morgan fingerprint density at radius 3 is 2.06 bits per heavy atom. The number of hydrogen-bond donors (Lipinski definition) is 1. The van der Waals surface area contributed by atoms with Gasteiger partial charge in [-0.15, -0.1) is 0 Å². The minimum atomic E-state index is -1.45. The van der Waals surface area contributed by atoms with Crippen molar-refractivity contribution in [2.24, 2.45) is 17.8 Å². The predicted octanol–water partition coefficient (Wildman–Crippen LogP) is 2.93. The Morgan fingerprint density at radius 2 is 1.61 bits per heavy atom. The zero-order valence-corrected chi connectivity index (χ0v) is 9.37.